The predicted octanol–water partition coefficient (Wildman–Crippen LogP) is 6.17. The maximum absolute atomic E-state index is 6.29. The van der Waals surface area contributed by atoms with Crippen molar-refractivity contribution in [3.8, 4) is 0 Å². The van der Waals surface area contributed by atoms with Gasteiger partial charge in [-0.25, -0.2) is 0 Å². The van der Waals surface area contributed by atoms with E-state index in [-0.39, 0.29) is 12.1 Å². The van der Waals surface area contributed by atoms with Crippen molar-refractivity contribution in [2.75, 3.05) is 0 Å². The van der Waals surface area contributed by atoms with E-state index in [4.69, 9.17) is 23.2 Å². The molecule has 0 aliphatic carbocycles. The maximum atomic E-state index is 6.29. The number of nitrogens with one attached hydrogen (secondary N) is 1. The van der Waals surface area contributed by atoms with Crippen molar-refractivity contribution in [1.82, 2.24) is 5.32 Å². The van der Waals surface area contributed by atoms with Gasteiger partial charge in [-0.1, -0.05) is 63.4 Å². The van der Waals surface area contributed by atoms with E-state index in [0.717, 1.165) is 25.6 Å². The molecule has 2 aromatic rings. The standard InChI is InChI=1S/C16H16BrCl2N/c1-10(13-5-3-4-6-15(13)18)20-11(2)14-8-7-12(17)9-16(14)19/h3-11,20H,1-2H3. The topological polar surface area (TPSA) is 12.0 Å². The minimum Gasteiger partial charge on any atom is -0.304 e. The molecule has 2 aromatic carbocycles. The fourth-order valence-corrected chi connectivity index (χ4v) is 3.37. The van der Waals surface area contributed by atoms with Gasteiger partial charge in [0.05, 0.1) is 0 Å². The molecule has 0 aliphatic rings. The molecule has 106 valence electrons. The lowest BCUT2D eigenvalue weighted by atomic mass is 10.0. The molecule has 1 N–H and O–H groups in total. The van der Waals surface area contributed by atoms with E-state index in [1.165, 1.54) is 0 Å². The summed E-state index contributed by atoms with van der Waals surface area (Å²) in [6, 6.07) is 14.1. The normalized spacial score (nSPS) is 14.1. The predicted molar refractivity (Wildman–Crippen MR) is 90.6 cm³/mol. The zero-order valence-corrected chi connectivity index (χ0v) is 14.4. The Kier molecular flexibility index (Phi) is 5.50. The van der Waals surface area contributed by atoms with Gasteiger partial charge in [-0.05, 0) is 43.2 Å². The molecule has 1 nitrogen and oxygen atoms in total. The Hall–Kier alpha value is -0.540. The van der Waals surface area contributed by atoms with Gasteiger partial charge in [-0.3, -0.25) is 0 Å². The Balaban J connectivity index is 2.15. The number of hydrogen-bond donors (Lipinski definition) is 1. The van der Waals surface area contributed by atoms with Crippen molar-refractivity contribution in [1.29, 1.82) is 0 Å². The third-order valence-corrected chi connectivity index (χ3v) is 4.47. The lowest BCUT2D eigenvalue weighted by molar-refractivity contribution is 0.495. The Morgan fingerprint density at radius 3 is 2.10 bits per heavy atom. The lowest BCUT2D eigenvalue weighted by Gasteiger charge is -2.22. The summed E-state index contributed by atoms with van der Waals surface area (Å²) in [5, 5.41) is 5.06. The molecule has 0 saturated carbocycles. The SMILES string of the molecule is CC(NC(C)c1ccc(Br)cc1Cl)c1ccccc1Cl. The van der Waals surface area contributed by atoms with Gasteiger partial charge >= 0.3 is 0 Å². The highest BCUT2D eigenvalue weighted by Gasteiger charge is 2.15. The Morgan fingerprint density at radius 2 is 1.50 bits per heavy atom. The van der Waals surface area contributed by atoms with Crippen LogP contribution in [0.4, 0.5) is 0 Å². The van der Waals surface area contributed by atoms with Crippen LogP contribution in [-0.4, -0.2) is 0 Å². The Bertz CT molecular complexity index is 601. The number of hydrogen-bond acceptors (Lipinski definition) is 1. The minimum absolute atomic E-state index is 0.141. The second-order valence-electron chi connectivity index (χ2n) is 4.80. The summed E-state index contributed by atoms with van der Waals surface area (Å²) in [5.74, 6) is 0. The van der Waals surface area contributed by atoms with Crippen LogP contribution >= 0.6 is 39.1 Å². The van der Waals surface area contributed by atoms with Crippen molar-refractivity contribution in [2.24, 2.45) is 0 Å². The summed E-state index contributed by atoms with van der Waals surface area (Å²) in [4.78, 5) is 0. The van der Waals surface area contributed by atoms with E-state index in [1.54, 1.807) is 0 Å². The van der Waals surface area contributed by atoms with Gasteiger partial charge in [0.1, 0.15) is 0 Å². The van der Waals surface area contributed by atoms with Gasteiger partial charge in [0, 0.05) is 26.6 Å². The molecule has 0 heterocycles. The maximum Gasteiger partial charge on any atom is 0.0464 e. The molecule has 0 fully saturated rings. The number of rotatable bonds is 4. The quantitative estimate of drug-likeness (QED) is 0.676. The van der Waals surface area contributed by atoms with Crippen molar-refractivity contribution in [3.05, 3.63) is 68.1 Å². The Labute approximate surface area is 138 Å². The van der Waals surface area contributed by atoms with E-state index in [2.05, 4.69) is 35.1 Å². The van der Waals surface area contributed by atoms with Crippen LogP contribution in [0.5, 0.6) is 0 Å². The van der Waals surface area contributed by atoms with E-state index < -0.39 is 0 Å². The molecule has 2 rings (SSSR count). The van der Waals surface area contributed by atoms with Crippen LogP contribution in [0.1, 0.15) is 37.1 Å². The molecule has 0 amide bonds. The van der Waals surface area contributed by atoms with Gasteiger partial charge in [0.2, 0.25) is 0 Å². The van der Waals surface area contributed by atoms with Crippen LogP contribution in [0.2, 0.25) is 10.0 Å². The first-order valence-corrected chi connectivity index (χ1v) is 7.99. The van der Waals surface area contributed by atoms with Crippen LogP contribution in [0, 0.1) is 0 Å². The molecule has 2 unspecified atom stereocenters. The first kappa shape index (κ1) is 15.8. The number of halogens is 3. The van der Waals surface area contributed by atoms with E-state index >= 15 is 0 Å². The van der Waals surface area contributed by atoms with Gasteiger partial charge in [0.15, 0.2) is 0 Å². The van der Waals surface area contributed by atoms with Crippen LogP contribution in [0.3, 0.4) is 0 Å². The molecule has 20 heavy (non-hydrogen) atoms. The second-order valence-corrected chi connectivity index (χ2v) is 6.53. The fraction of sp³-hybridized carbons (Fsp3) is 0.250. The highest BCUT2D eigenvalue weighted by Crippen LogP contribution is 2.29. The molecule has 4 heteroatoms. The second kappa shape index (κ2) is 6.95. The summed E-state index contributed by atoms with van der Waals surface area (Å²) in [6.45, 7) is 4.20. The molecule has 2 atom stereocenters. The van der Waals surface area contributed by atoms with Crippen LogP contribution in [-0.2, 0) is 0 Å². The molecule has 0 radical (unpaired) electrons. The molecule has 0 spiro atoms. The third-order valence-electron chi connectivity index (χ3n) is 3.30. The summed E-state index contributed by atoms with van der Waals surface area (Å²) < 4.78 is 0.984. The monoisotopic (exact) mass is 371 g/mol. The Morgan fingerprint density at radius 1 is 0.900 bits per heavy atom. The van der Waals surface area contributed by atoms with Crippen molar-refractivity contribution < 1.29 is 0 Å². The van der Waals surface area contributed by atoms with Gasteiger partial charge in [-0.2, -0.15) is 0 Å². The molecule has 0 bridgehead atoms. The van der Waals surface area contributed by atoms with Gasteiger partial charge < -0.3 is 5.32 Å². The average Bonchev–Trinajstić information content (AvgIpc) is 2.38. The zero-order valence-electron chi connectivity index (χ0n) is 11.3. The van der Waals surface area contributed by atoms with Crippen molar-refractivity contribution in [3.63, 3.8) is 0 Å². The summed E-state index contributed by atoms with van der Waals surface area (Å²) in [5.41, 5.74) is 2.17. The fourth-order valence-electron chi connectivity index (χ4n) is 2.23. The molecule has 0 saturated heterocycles. The highest BCUT2D eigenvalue weighted by molar-refractivity contribution is 9.10. The average molecular weight is 373 g/mol. The third kappa shape index (κ3) is 3.76. The van der Waals surface area contributed by atoms with Gasteiger partial charge in [-0.15, -0.1) is 0 Å². The lowest BCUT2D eigenvalue weighted by Crippen LogP contribution is -2.23. The summed E-state index contributed by atoms with van der Waals surface area (Å²) in [6.07, 6.45) is 0. The van der Waals surface area contributed by atoms with Gasteiger partial charge in [0.25, 0.3) is 0 Å². The van der Waals surface area contributed by atoms with E-state index in [0.29, 0.717) is 0 Å². The van der Waals surface area contributed by atoms with E-state index in [1.807, 2.05) is 42.5 Å². The van der Waals surface area contributed by atoms with Crippen LogP contribution in [0.15, 0.2) is 46.9 Å². The molecular formula is C16H16BrCl2N. The number of benzene rings is 2. The first-order chi connectivity index (χ1) is 9.49. The smallest absolute Gasteiger partial charge is 0.0464 e. The first-order valence-electron chi connectivity index (χ1n) is 6.44. The zero-order chi connectivity index (χ0) is 14.7. The molecule has 0 aliphatic heterocycles. The molecular weight excluding hydrogens is 357 g/mol. The highest BCUT2D eigenvalue weighted by atomic mass is 79.9. The van der Waals surface area contributed by atoms with Crippen molar-refractivity contribution in [2.45, 2.75) is 25.9 Å². The molecule has 0 aromatic heterocycles. The minimum atomic E-state index is 0.141. The largest absolute Gasteiger partial charge is 0.304 e. The summed E-state index contributed by atoms with van der Waals surface area (Å²) in [7, 11) is 0. The van der Waals surface area contributed by atoms with E-state index in [9.17, 15) is 0 Å². The van der Waals surface area contributed by atoms with Crippen molar-refractivity contribution >= 4 is 39.1 Å². The summed E-state index contributed by atoms with van der Waals surface area (Å²) >= 11 is 15.9. The van der Waals surface area contributed by atoms with Crippen LogP contribution < -0.4 is 5.32 Å². The van der Waals surface area contributed by atoms with Crippen LogP contribution in [0.25, 0.3) is 0 Å².